The van der Waals surface area contributed by atoms with Crippen molar-refractivity contribution in [3.05, 3.63) is 24.3 Å². The van der Waals surface area contributed by atoms with Crippen molar-refractivity contribution < 1.29 is 9.31 Å². The minimum atomic E-state index is 0.721. The number of benzene rings is 1. The van der Waals surface area contributed by atoms with Crippen molar-refractivity contribution in [3.63, 3.8) is 0 Å². The minimum absolute atomic E-state index is 0.721. The maximum absolute atomic E-state index is 5.43. The Morgan fingerprint density at radius 3 is 2.45 bits per heavy atom. The molecule has 3 heteroatoms. The van der Waals surface area contributed by atoms with E-state index in [1.165, 1.54) is 12.1 Å². The lowest BCUT2D eigenvalue weighted by atomic mass is 10.3. The molecule has 0 aliphatic carbocycles. The molecule has 2 rings (SSSR count). The van der Waals surface area contributed by atoms with Gasteiger partial charge in [0.25, 0.3) is 0 Å². The Morgan fingerprint density at radius 1 is 1.20 bits per heavy atom. The average Bonchev–Trinajstić information content (AvgIpc) is 2.68. The third-order valence-corrected chi connectivity index (χ3v) is 2.69. The molecule has 0 aromatic heterocycles. The van der Waals surface area contributed by atoms with E-state index in [0.29, 0.717) is 0 Å². The summed E-state index contributed by atoms with van der Waals surface area (Å²) in [7, 11) is 0. The molecule has 3 nitrogen and oxygen atoms in total. The van der Waals surface area contributed by atoms with Crippen LogP contribution >= 0.6 is 0 Å². The highest BCUT2D eigenvalue weighted by Gasteiger charge is 2.11. The van der Waals surface area contributed by atoms with Gasteiger partial charge in [0.1, 0.15) is 12.3 Å². The topological polar surface area (TPSA) is 24.3 Å². The van der Waals surface area contributed by atoms with E-state index in [4.69, 9.17) is 4.74 Å². The highest BCUT2D eigenvalue weighted by molar-refractivity contribution is 5.56. The van der Waals surface area contributed by atoms with E-state index in [0.717, 1.165) is 37.9 Å². The van der Waals surface area contributed by atoms with Gasteiger partial charge < -0.3 is 10.1 Å². The molecule has 0 spiro atoms. The first kappa shape index (κ1) is 16.7. The first-order valence-corrected chi connectivity index (χ1v) is 7.67. The highest BCUT2D eigenvalue weighted by atomic mass is 16.5. The summed E-state index contributed by atoms with van der Waals surface area (Å²) in [5, 5.41) is 3.36. The van der Waals surface area contributed by atoms with Gasteiger partial charge in [-0.1, -0.05) is 20.8 Å². The summed E-state index contributed by atoms with van der Waals surface area (Å²) >= 11 is 0. The molecule has 1 aliphatic heterocycles. The van der Waals surface area contributed by atoms with Gasteiger partial charge in [-0.2, -0.15) is 0 Å². The zero-order valence-corrected chi connectivity index (χ0v) is 13.4. The molecule has 0 amide bonds. The van der Waals surface area contributed by atoms with E-state index in [9.17, 15) is 0 Å². The lowest BCUT2D eigenvalue weighted by Crippen LogP contribution is -2.15. The standard InChI is InChI=1S/C13H19N2O.C4H10/c1-2-16-13-6-4-12(5-7-13)15-10-3-8-14-9-11-15;1-4(2)3/h4-7,11,14H,2-3,8-10H2,1H3;4H,1-3H3/q+1;. The molecule has 0 saturated heterocycles. The maximum Gasteiger partial charge on any atom is 0.205 e. The van der Waals surface area contributed by atoms with E-state index in [1.54, 1.807) is 0 Å². The average molecular weight is 277 g/mol. The second kappa shape index (κ2) is 9.54. The van der Waals surface area contributed by atoms with Crippen LogP contribution in [0.3, 0.4) is 0 Å². The number of ether oxygens (including phenoxy) is 1. The Balaban J connectivity index is 0.000000444. The molecule has 1 heterocycles. The van der Waals surface area contributed by atoms with Crippen molar-refractivity contribution in [2.45, 2.75) is 34.1 Å². The molecule has 0 bridgehead atoms. The van der Waals surface area contributed by atoms with Crippen LogP contribution < -0.4 is 10.1 Å². The number of hydrogen-bond acceptors (Lipinski definition) is 2. The van der Waals surface area contributed by atoms with Crippen LogP contribution in [0.4, 0.5) is 5.69 Å². The van der Waals surface area contributed by atoms with Crippen molar-refractivity contribution in [1.82, 2.24) is 5.32 Å². The van der Waals surface area contributed by atoms with E-state index in [1.807, 2.05) is 19.1 Å². The Morgan fingerprint density at radius 2 is 1.85 bits per heavy atom. The van der Waals surface area contributed by atoms with E-state index < -0.39 is 0 Å². The quantitative estimate of drug-likeness (QED) is 0.856. The van der Waals surface area contributed by atoms with Crippen LogP contribution in [0.1, 0.15) is 34.1 Å². The van der Waals surface area contributed by atoms with Crippen molar-refractivity contribution in [1.29, 1.82) is 0 Å². The predicted molar refractivity (Wildman–Crippen MR) is 86.5 cm³/mol. The maximum atomic E-state index is 5.43. The second-order valence-corrected chi connectivity index (χ2v) is 5.59. The molecule has 0 saturated carbocycles. The molecular weight excluding hydrogens is 248 g/mol. The molecular formula is C17H29N2O+. The third-order valence-electron chi connectivity index (χ3n) is 2.69. The molecule has 0 atom stereocenters. The van der Waals surface area contributed by atoms with Crippen molar-refractivity contribution in [2.24, 2.45) is 5.92 Å². The Hall–Kier alpha value is -1.35. The highest BCUT2D eigenvalue weighted by Crippen LogP contribution is 2.18. The van der Waals surface area contributed by atoms with E-state index >= 15 is 0 Å². The number of hydrogen-bond donors (Lipinski definition) is 1. The van der Waals surface area contributed by atoms with Crippen LogP contribution in [0.5, 0.6) is 5.75 Å². The summed E-state index contributed by atoms with van der Waals surface area (Å²) in [5.41, 5.74) is 1.24. The van der Waals surface area contributed by atoms with Crippen molar-refractivity contribution in [3.8, 4) is 5.75 Å². The van der Waals surface area contributed by atoms with Gasteiger partial charge in [0.05, 0.1) is 13.2 Å². The first-order valence-electron chi connectivity index (χ1n) is 7.67. The van der Waals surface area contributed by atoms with Crippen LogP contribution in [-0.2, 0) is 0 Å². The van der Waals surface area contributed by atoms with Crippen LogP contribution in [0.2, 0.25) is 0 Å². The van der Waals surface area contributed by atoms with Crippen LogP contribution in [-0.4, -0.2) is 37.0 Å². The third kappa shape index (κ3) is 6.71. The van der Waals surface area contributed by atoms with Crippen molar-refractivity contribution in [2.75, 3.05) is 26.2 Å². The van der Waals surface area contributed by atoms with E-state index in [2.05, 4.69) is 49.0 Å². The normalized spacial score (nSPS) is 14.9. The largest absolute Gasteiger partial charge is 0.494 e. The van der Waals surface area contributed by atoms with E-state index in [-0.39, 0.29) is 0 Å². The Labute approximate surface area is 123 Å². The molecule has 1 aromatic rings. The summed E-state index contributed by atoms with van der Waals surface area (Å²) in [4.78, 5) is 0. The molecule has 0 unspecified atom stereocenters. The monoisotopic (exact) mass is 277 g/mol. The summed E-state index contributed by atoms with van der Waals surface area (Å²) in [6.07, 6.45) is 3.40. The molecule has 1 aromatic carbocycles. The van der Waals surface area contributed by atoms with Gasteiger partial charge in [0, 0.05) is 25.1 Å². The summed E-state index contributed by atoms with van der Waals surface area (Å²) in [6, 6.07) is 8.30. The van der Waals surface area contributed by atoms with Crippen LogP contribution in [0.15, 0.2) is 24.3 Å². The lowest BCUT2D eigenvalue weighted by molar-refractivity contribution is -0.435. The van der Waals surface area contributed by atoms with Gasteiger partial charge in [0.2, 0.25) is 5.69 Å². The van der Waals surface area contributed by atoms with Gasteiger partial charge in [-0.05, 0) is 25.0 Å². The Kier molecular flexibility index (Phi) is 7.97. The van der Waals surface area contributed by atoms with Crippen LogP contribution in [0, 0.1) is 5.92 Å². The van der Waals surface area contributed by atoms with Gasteiger partial charge in [0.15, 0.2) is 6.21 Å². The zero-order valence-electron chi connectivity index (χ0n) is 13.4. The molecule has 112 valence electrons. The minimum Gasteiger partial charge on any atom is -0.494 e. The van der Waals surface area contributed by atoms with Gasteiger partial charge in [-0.15, -0.1) is 0 Å². The van der Waals surface area contributed by atoms with Crippen LogP contribution in [0.25, 0.3) is 0 Å². The molecule has 20 heavy (non-hydrogen) atoms. The molecule has 1 aliphatic rings. The fourth-order valence-corrected chi connectivity index (χ4v) is 1.88. The smallest absolute Gasteiger partial charge is 0.205 e. The number of nitrogens with zero attached hydrogens (tertiary/aromatic N) is 1. The SMILES string of the molecule is CC(C)C.CCOc1ccc([N+]2=CCNCCC2)cc1. The Bertz CT molecular complexity index is 393. The molecule has 1 N–H and O–H groups in total. The summed E-state index contributed by atoms with van der Waals surface area (Å²) in [5.74, 6) is 1.78. The molecule has 0 fully saturated rings. The zero-order chi connectivity index (χ0) is 14.8. The fraction of sp³-hybridized carbons (Fsp3) is 0.588. The van der Waals surface area contributed by atoms with Gasteiger partial charge in [-0.25, -0.2) is 4.58 Å². The van der Waals surface area contributed by atoms with Crippen molar-refractivity contribution >= 4 is 11.9 Å². The second-order valence-electron chi connectivity index (χ2n) is 5.59. The van der Waals surface area contributed by atoms with Gasteiger partial charge in [-0.3, -0.25) is 0 Å². The first-order chi connectivity index (χ1) is 9.63. The number of rotatable bonds is 3. The fourth-order valence-electron chi connectivity index (χ4n) is 1.88. The number of nitrogens with one attached hydrogen (secondary N) is 1. The van der Waals surface area contributed by atoms with Gasteiger partial charge >= 0.3 is 0 Å². The predicted octanol–water partition coefficient (Wildman–Crippen LogP) is 3.46. The summed E-state index contributed by atoms with van der Waals surface area (Å²) in [6.45, 7) is 12.4. The summed E-state index contributed by atoms with van der Waals surface area (Å²) < 4.78 is 7.73. The molecule has 0 radical (unpaired) electrons. The lowest BCUT2D eigenvalue weighted by Gasteiger charge is -2.03.